The number of aromatic nitrogens is 3. The minimum atomic E-state index is -0.914. The van der Waals surface area contributed by atoms with Gasteiger partial charge >= 0.3 is 11.9 Å². The van der Waals surface area contributed by atoms with E-state index in [1.54, 1.807) is 31.5 Å². The number of rotatable bonds is 12. The predicted octanol–water partition coefficient (Wildman–Crippen LogP) is 4.72. The van der Waals surface area contributed by atoms with E-state index < -0.39 is 17.5 Å². The van der Waals surface area contributed by atoms with Gasteiger partial charge in [0.05, 0.1) is 11.9 Å². The number of unbranched alkanes of at least 4 members (excludes halogenated alkanes) is 2. The van der Waals surface area contributed by atoms with Crippen LogP contribution in [0.4, 0.5) is 11.4 Å². The molecule has 0 radical (unpaired) electrons. The average molecular weight is 499 g/mol. The van der Waals surface area contributed by atoms with Crippen molar-refractivity contribution in [2.24, 2.45) is 0 Å². The number of nitrogens with one attached hydrogen (secondary N) is 1. The Morgan fingerprint density at radius 3 is 2.69 bits per heavy atom. The third-order valence-electron chi connectivity index (χ3n) is 5.33. The molecule has 0 aliphatic carbocycles. The Balaban J connectivity index is 1.94. The highest BCUT2D eigenvalue weighted by molar-refractivity contribution is 7.08. The van der Waals surface area contributed by atoms with Crippen molar-refractivity contribution >= 4 is 34.7 Å². The van der Waals surface area contributed by atoms with E-state index in [9.17, 15) is 14.4 Å². The Labute approximate surface area is 208 Å². The van der Waals surface area contributed by atoms with Crippen LogP contribution in [0, 0.1) is 6.92 Å². The van der Waals surface area contributed by atoms with Crippen molar-refractivity contribution in [1.82, 2.24) is 14.8 Å². The maximum absolute atomic E-state index is 13.3. The molecule has 0 spiro atoms. The summed E-state index contributed by atoms with van der Waals surface area (Å²) >= 11 is 1.43. The van der Waals surface area contributed by atoms with E-state index in [0.29, 0.717) is 37.4 Å². The van der Waals surface area contributed by atoms with E-state index >= 15 is 0 Å². The fourth-order valence-corrected chi connectivity index (χ4v) is 4.07. The number of nitrogens with zero attached hydrogens (tertiary/aromatic N) is 3. The minimum absolute atomic E-state index is 0.00587. The van der Waals surface area contributed by atoms with Gasteiger partial charge in [0.2, 0.25) is 0 Å². The topological polar surface area (TPSA) is 112 Å². The number of pyridine rings is 1. The van der Waals surface area contributed by atoms with E-state index in [1.807, 2.05) is 24.6 Å². The molecular formula is C25H30N4O5S. The number of ether oxygens (including phenoxy) is 2. The van der Waals surface area contributed by atoms with Crippen LogP contribution in [0.15, 0.2) is 40.1 Å². The molecule has 3 aromatic heterocycles. The Bertz CT molecular complexity index is 1210. The van der Waals surface area contributed by atoms with Crippen LogP contribution < -0.4 is 10.9 Å². The third-order valence-corrected chi connectivity index (χ3v) is 6.02. The maximum atomic E-state index is 13.3. The SMILES string of the molecule is CCOCCCCCC(=O)OC(=O)c1c(-c2ccsc2)nn(CC)c(=O)c1Nc1cnccc1C. The molecule has 186 valence electrons. The lowest BCUT2D eigenvalue weighted by Crippen LogP contribution is -2.29. The molecule has 9 nitrogen and oxygen atoms in total. The first-order valence-electron chi connectivity index (χ1n) is 11.6. The molecular weight excluding hydrogens is 468 g/mol. The Kier molecular flexibility index (Phi) is 9.68. The van der Waals surface area contributed by atoms with Crippen LogP contribution >= 0.6 is 11.3 Å². The summed E-state index contributed by atoms with van der Waals surface area (Å²) in [5, 5.41) is 11.1. The molecule has 3 rings (SSSR count). The fraction of sp³-hybridized carbons (Fsp3) is 0.400. The smallest absolute Gasteiger partial charge is 0.350 e. The first-order chi connectivity index (χ1) is 17.0. The molecule has 0 aliphatic rings. The highest BCUT2D eigenvalue weighted by atomic mass is 32.1. The van der Waals surface area contributed by atoms with Gasteiger partial charge < -0.3 is 14.8 Å². The Morgan fingerprint density at radius 1 is 1.17 bits per heavy atom. The highest BCUT2D eigenvalue weighted by Gasteiger charge is 2.27. The van der Waals surface area contributed by atoms with Gasteiger partial charge in [0, 0.05) is 43.3 Å². The van der Waals surface area contributed by atoms with Crippen molar-refractivity contribution in [3.05, 3.63) is 56.8 Å². The monoisotopic (exact) mass is 498 g/mol. The van der Waals surface area contributed by atoms with Gasteiger partial charge in [-0.3, -0.25) is 14.6 Å². The summed E-state index contributed by atoms with van der Waals surface area (Å²) < 4.78 is 11.8. The lowest BCUT2D eigenvalue weighted by molar-refractivity contribution is -0.138. The number of carbonyl (C=O) groups is 2. The molecule has 0 saturated carbocycles. The molecule has 1 N–H and O–H groups in total. The summed E-state index contributed by atoms with van der Waals surface area (Å²) in [6.45, 7) is 7.17. The molecule has 3 aromatic rings. The van der Waals surface area contributed by atoms with E-state index in [0.717, 1.165) is 18.4 Å². The van der Waals surface area contributed by atoms with Crippen molar-refractivity contribution in [2.75, 3.05) is 18.5 Å². The molecule has 0 bridgehead atoms. The van der Waals surface area contributed by atoms with Crippen molar-refractivity contribution in [1.29, 1.82) is 0 Å². The van der Waals surface area contributed by atoms with Gasteiger partial charge in [-0.25, -0.2) is 9.48 Å². The van der Waals surface area contributed by atoms with Gasteiger partial charge in [-0.2, -0.15) is 16.4 Å². The number of esters is 2. The number of anilines is 2. The van der Waals surface area contributed by atoms with Gasteiger partial charge in [-0.15, -0.1) is 0 Å². The van der Waals surface area contributed by atoms with E-state index in [-0.39, 0.29) is 23.4 Å². The van der Waals surface area contributed by atoms with E-state index in [1.165, 1.54) is 16.0 Å². The third kappa shape index (κ3) is 6.83. The van der Waals surface area contributed by atoms with Gasteiger partial charge in [0.15, 0.2) is 0 Å². The molecule has 3 heterocycles. The molecule has 0 aliphatic heterocycles. The van der Waals surface area contributed by atoms with Crippen LogP contribution in [-0.4, -0.2) is 39.9 Å². The van der Waals surface area contributed by atoms with Crippen LogP contribution in [0.5, 0.6) is 0 Å². The fourth-order valence-electron chi connectivity index (χ4n) is 3.43. The van der Waals surface area contributed by atoms with Crippen molar-refractivity contribution in [3.8, 4) is 11.3 Å². The summed E-state index contributed by atoms with van der Waals surface area (Å²) in [7, 11) is 0. The summed E-state index contributed by atoms with van der Waals surface area (Å²) in [5.41, 5.74) is 1.73. The predicted molar refractivity (Wildman–Crippen MR) is 135 cm³/mol. The molecule has 0 atom stereocenters. The van der Waals surface area contributed by atoms with E-state index in [4.69, 9.17) is 9.47 Å². The number of hydrogen-bond donors (Lipinski definition) is 1. The van der Waals surface area contributed by atoms with E-state index in [2.05, 4.69) is 15.4 Å². The first kappa shape index (κ1) is 26.2. The lowest BCUT2D eigenvalue weighted by atomic mass is 10.1. The van der Waals surface area contributed by atoms with Crippen LogP contribution in [0.3, 0.4) is 0 Å². The van der Waals surface area contributed by atoms with Gasteiger partial charge in [-0.1, -0.05) is 6.42 Å². The zero-order valence-corrected chi connectivity index (χ0v) is 21.0. The van der Waals surface area contributed by atoms with Gasteiger partial charge in [0.1, 0.15) is 16.9 Å². The zero-order valence-electron chi connectivity index (χ0n) is 20.2. The number of carbonyl (C=O) groups excluding carboxylic acids is 2. The van der Waals surface area contributed by atoms with Crippen LogP contribution in [0.1, 0.15) is 55.5 Å². The number of thiophene rings is 1. The highest BCUT2D eigenvalue weighted by Crippen LogP contribution is 2.30. The van der Waals surface area contributed by atoms with Crippen LogP contribution in [0.25, 0.3) is 11.3 Å². The molecule has 35 heavy (non-hydrogen) atoms. The average Bonchev–Trinajstić information content (AvgIpc) is 3.38. The molecule has 0 aromatic carbocycles. The minimum Gasteiger partial charge on any atom is -0.389 e. The van der Waals surface area contributed by atoms with Crippen LogP contribution in [0.2, 0.25) is 0 Å². The molecule has 0 unspecified atom stereocenters. The standard InChI is InChI=1S/C25H30N4O5S/c1-4-29-24(31)23(27-19-15-26-12-10-17(19)3)21(22(28-29)18-11-14-35-16-18)25(32)34-20(30)9-7-6-8-13-33-5-2/h10-12,14-16,27H,4-9,13H2,1-3H3. The number of aryl methyl sites for hydroxylation is 2. The quantitative estimate of drug-likeness (QED) is 0.217. The molecule has 0 fully saturated rings. The lowest BCUT2D eigenvalue weighted by Gasteiger charge is -2.16. The number of hydrogen-bond acceptors (Lipinski definition) is 9. The summed E-state index contributed by atoms with van der Waals surface area (Å²) in [5.74, 6) is -1.56. The summed E-state index contributed by atoms with van der Waals surface area (Å²) in [6, 6.07) is 3.59. The summed E-state index contributed by atoms with van der Waals surface area (Å²) in [4.78, 5) is 43.1. The van der Waals surface area contributed by atoms with Crippen LogP contribution in [-0.2, 0) is 20.8 Å². The van der Waals surface area contributed by atoms with Crippen molar-refractivity contribution in [2.45, 2.75) is 53.0 Å². The van der Waals surface area contributed by atoms with Gasteiger partial charge in [0.25, 0.3) is 5.56 Å². The summed E-state index contributed by atoms with van der Waals surface area (Å²) in [6.07, 6.45) is 5.48. The first-order valence-corrected chi connectivity index (χ1v) is 12.6. The zero-order chi connectivity index (χ0) is 25.2. The second-order valence-corrected chi connectivity index (χ2v) is 8.60. The maximum Gasteiger partial charge on any atom is 0.350 e. The Hall–Kier alpha value is -3.37. The normalized spacial score (nSPS) is 10.8. The van der Waals surface area contributed by atoms with Crippen molar-refractivity contribution < 1.29 is 19.1 Å². The Morgan fingerprint density at radius 2 is 2.00 bits per heavy atom. The van der Waals surface area contributed by atoms with Gasteiger partial charge in [-0.05, 0) is 56.7 Å². The molecule has 0 amide bonds. The molecule has 0 saturated heterocycles. The second-order valence-electron chi connectivity index (χ2n) is 7.82. The molecule has 10 heteroatoms. The van der Waals surface area contributed by atoms with Crippen molar-refractivity contribution in [3.63, 3.8) is 0 Å². The second kappa shape index (κ2) is 12.9. The largest absolute Gasteiger partial charge is 0.389 e.